The van der Waals surface area contributed by atoms with Gasteiger partial charge >= 0.3 is 6.18 Å². The molecule has 0 aromatic heterocycles. The molecular weight excluding hydrogens is 279 g/mol. The van der Waals surface area contributed by atoms with Crippen molar-refractivity contribution in [1.82, 2.24) is 10.2 Å². The molecule has 3 rings (SSSR count). The zero-order valence-corrected chi connectivity index (χ0v) is 12.1. The van der Waals surface area contributed by atoms with Crippen LogP contribution in [0.4, 0.5) is 13.2 Å². The van der Waals surface area contributed by atoms with Gasteiger partial charge in [-0.2, -0.15) is 18.4 Å². The standard InChI is InChI=1S/C15H22F3N3/c16-15(17,18)10-21(12-5-6-12)13-2-1-7-14(8-13,9-19)20-11-3-4-11/h11-13,20H,1-8,10H2. The summed E-state index contributed by atoms with van der Waals surface area (Å²) in [6.07, 6.45) is 2.66. The van der Waals surface area contributed by atoms with Gasteiger partial charge in [0.05, 0.1) is 12.6 Å². The lowest BCUT2D eigenvalue weighted by Gasteiger charge is -2.42. The Hall–Kier alpha value is -0.800. The van der Waals surface area contributed by atoms with Crippen LogP contribution in [-0.2, 0) is 0 Å². The normalized spacial score (nSPS) is 34.0. The second-order valence-electron chi connectivity index (χ2n) is 6.88. The summed E-state index contributed by atoms with van der Waals surface area (Å²) in [5.74, 6) is 0. The van der Waals surface area contributed by atoms with Crippen molar-refractivity contribution in [3.8, 4) is 6.07 Å². The molecule has 118 valence electrons. The third kappa shape index (κ3) is 3.89. The molecule has 0 spiro atoms. The van der Waals surface area contributed by atoms with E-state index in [0.717, 1.165) is 44.9 Å². The predicted octanol–water partition coefficient (Wildman–Crippen LogP) is 2.97. The minimum absolute atomic E-state index is 0.0760. The molecular formula is C15H22F3N3. The lowest BCUT2D eigenvalue weighted by molar-refractivity contribution is -0.154. The van der Waals surface area contributed by atoms with E-state index in [0.29, 0.717) is 12.5 Å². The van der Waals surface area contributed by atoms with Gasteiger partial charge in [0.2, 0.25) is 0 Å². The lowest BCUT2D eigenvalue weighted by atomic mass is 9.79. The van der Waals surface area contributed by atoms with Gasteiger partial charge < -0.3 is 0 Å². The van der Waals surface area contributed by atoms with Crippen molar-refractivity contribution in [1.29, 1.82) is 5.26 Å². The minimum atomic E-state index is -4.15. The van der Waals surface area contributed by atoms with Gasteiger partial charge in [-0.15, -0.1) is 0 Å². The number of halogens is 3. The number of alkyl halides is 3. The zero-order valence-electron chi connectivity index (χ0n) is 12.1. The van der Waals surface area contributed by atoms with E-state index in [1.165, 1.54) is 0 Å². The Morgan fingerprint density at radius 3 is 2.38 bits per heavy atom. The van der Waals surface area contributed by atoms with E-state index in [9.17, 15) is 18.4 Å². The molecule has 0 saturated heterocycles. The van der Waals surface area contributed by atoms with E-state index in [-0.39, 0.29) is 12.1 Å². The van der Waals surface area contributed by atoms with Gasteiger partial charge in [0, 0.05) is 18.1 Å². The molecule has 3 aliphatic carbocycles. The van der Waals surface area contributed by atoms with Gasteiger partial charge in [-0.25, -0.2) is 0 Å². The van der Waals surface area contributed by atoms with E-state index in [1.54, 1.807) is 4.90 Å². The van der Waals surface area contributed by atoms with Gasteiger partial charge in [-0.3, -0.25) is 10.2 Å². The molecule has 0 aromatic carbocycles. The average molecular weight is 301 g/mol. The molecule has 2 atom stereocenters. The minimum Gasteiger partial charge on any atom is -0.297 e. The molecule has 3 fully saturated rings. The highest BCUT2D eigenvalue weighted by Gasteiger charge is 2.47. The summed E-state index contributed by atoms with van der Waals surface area (Å²) >= 11 is 0. The molecule has 3 nitrogen and oxygen atoms in total. The highest BCUT2D eigenvalue weighted by Crippen LogP contribution is 2.39. The van der Waals surface area contributed by atoms with Crippen LogP contribution in [0.3, 0.4) is 0 Å². The second-order valence-corrected chi connectivity index (χ2v) is 6.88. The SMILES string of the molecule is N#CC1(NC2CC2)CCCC(N(CC(F)(F)F)C2CC2)C1. The fourth-order valence-corrected chi connectivity index (χ4v) is 3.58. The van der Waals surface area contributed by atoms with Crippen molar-refractivity contribution in [2.24, 2.45) is 0 Å². The van der Waals surface area contributed by atoms with Crippen molar-refractivity contribution in [3.63, 3.8) is 0 Å². The molecule has 3 aliphatic rings. The number of rotatable bonds is 5. The Kier molecular flexibility index (Phi) is 3.91. The quantitative estimate of drug-likeness (QED) is 0.848. The summed E-state index contributed by atoms with van der Waals surface area (Å²) in [5, 5.41) is 12.9. The maximum Gasteiger partial charge on any atom is 0.401 e. The molecule has 2 unspecified atom stereocenters. The summed E-state index contributed by atoms with van der Waals surface area (Å²) in [6.45, 7) is -0.826. The molecule has 0 radical (unpaired) electrons. The van der Waals surface area contributed by atoms with Crippen LogP contribution in [0.15, 0.2) is 0 Å². The van der Waals surface area contributed by atoms with E-state index in [4.69, 9.17) is 0 Å². The van der Waals surface area contributed by atoms with E-state index in [2.05, 4.69) is 11.4 Å². The van der Waals surface area contributed by atoms with Crippen LogP contribution < -0.4 is 5.32 Å². The van der Waals surface area contributed by atoms with Crippen LogP contribution in [0.2, 0.25) is 0 Å². The van der Waals surface area contributed by atoms with Gasteiger partial charge in [-0.1, -0.05) is 0 Å². The van der Waals surface area contributed by atoms with E-state index < -0.39 is 18.3 Å². The highest BCUT2D eigenvalue weighted by atomic mass is 19.4. The van der Waals surface area contributed by atoms with Crippen molar-refractivity contribution in [3.05, 3.63) is 0 Å². The summed E-state index contributed by atoms with van der Waals surface area (Å²) in [4.78, 5) is 1.62. The first-order valence-electron chi connectivity index (χ1n) is 7.92. The summed E-state index contributed by atoms with van der Waals surface area (Å²) in [5.41, 5.74) is -0.608. The van der Waals surface area contributed by atoms with Crippen molar-refractivity contribution >= 4 is 0 Å². The van der Waals surface area contributed by atoms with E-state index in [1.807, 2.05) is 0 Å². The summed E-state index contributed by atoms with van der Waals surface area (Å²) in [6, 6.07) is 2.74. The molecule has 6 heteroatoms. The van der Waals surface area contributed by atoms with Crippen LogP contribution >= 0.6 is 0 Å². The largest absolute Gasteiger partial charge is 0.401 e. The number of hydrogen-bond donors (Lipinski definition) is 1. The van der Waals surface area contributed by atoms with Gasteiger partial charge in [0.15, 0.2) is 0 Å². The molecule has 21 heavy (non-hydrogen) atoms. The Bertz CT molecular complexity index is 423. The molecule has 0 heterocycles. The third-order valence-corrected chi connectivity index (χ3v) is 4.84. The van der Waals surface area contributed by atoms with Crippen LogP contribution in [0, 0.1) is 11.3 Å². The molecule has 0 aromatic rings. The first-order chi connectivity index (χ1) is 9.91. The number of hydrogen-bond acceptors (Lipinski definition) is 3. The topological polar surface area (TPSA) is 39.1 Å². The number of nitriles is 1. The Balaban J connectivity index is 1.69. The summed E-state index contributed by atoms with van der Waals surface area (Å²) in [7, 11) is 0. The monoisotopic (exact) mass is 301 g/mol. The van der Waals surface area contributed by atoms with E-state index >= 15 is 0 Å². The maximum absolute atomic E-state index is 12.8. The lowest BCUT2D eigenvalue weighted by Crippen LogP contribution is -2.55. The Morgan fingerprint density at radius 2 is 1.86 bits per heavy atom. The number of nitrogens with zero attached hydrogens (tertiary/aromatic N) is 2. The van der Waals surface area contributed by atoms with Crippen molar-refractivity contribution in [2.45, 2.75) is 81.2 Å². The van der Waals surface area contributed by atoms with Crippen LogP contribution in [-0.4, -0.2) is 41.3 Å². The van der Waals surface area contributed by atoms with Crippen molar-refractivity contribution < 1.29 is 13.2 Å². The van der Waals surface area contributed by atoms with Crippen LogP contribution in [0.25, 0.3) is 0 Å². The van der Waals surface area contributed by atoms with Crippen LogP contribution in [0.5, 0.6) is 0 Å². The predicted molar refractivity (Wildman–Crippen MR) is 72.5 cm³/mol. The molecule has 0 amide bonds. The van der Waals surface area contributed by atoms with Gasteiger partial charge in [-0.05, 0) is 51.4 Å². The maximum atomic E-state index is 12.8. The smallest absolute Gasteiger partial charge is 0.297 e. The van der Waals surface area contributed by atoms with Gasteiger partial charge in [0.1, 0.15) is 5.54 Å². The molecule has 0 aliphatic heterocycles. The third-order valence-electron chi connectivity index (χ3n) is 4.84. The second kappa shape index (κ2) is 5.44. The first-order valence-corrected chi connectivity index (χ1v) is 7.92. The highest BCUT2D eigenvalue weighted by molar-refractivity contribution is 5.14. The van der Waals surface area contributed by atoms with Crippen molar-refractivity contribution in [2.75, 3.05) is 6.54 Å². The first kappa shape index (κ1) is 15.1. The molecule has 1 N–H and O–H groups in total. The molecule has 0 bridgehead atoms. The Morgan fingerprint density at radius 1 is 1.14 bits per heavy atom. The Labute approximate surface area is 123 Å². The fraction of sp³-hybridized carbons (Fsp3) is 0.933. The molecule has 3 saturated carbocycles. The van der Waals surface area contributed by atoms with Crippen LogP contribution in [0.1, 0.15) is 51.4 Å². The number of nitrogens with one attached hydrogen (secondary N) is 1. The summed E-state index contributed by atoms with van der Waals surface area (Å²) < 4.78 is 38.5. The average Bonchev–Trinajstić information content (AvgIpc) is 3.29. The fourth-order valence-electron chi connectivity index (χ4n) is 3.58. The zero-order chi connectivity index (χ0) is 15.1. The van der Waals surface area contributed by atoms with Gasteiger partial charge in [0.25, 0.3) is 0 Å².